The zero-order valence-electron chi connectivity index (χ0n) is 8.94. The minimum atomic E-state index is -0.214. The van der Waals surface area contributed by atoms with E-state index in [0.29, 0.717) is 0 Å². The van der Waals surface area contributed by atoms with Crippen molar-refractivity contribution in [2.24, 2.45) is 5.73 Å². The summed E-state index contributed by atoms with van der Waals surface area (Å²) >= 11 is 0. The van der Waals surface area contributed by atoms with Gasteiger partial charge in [0.05, 0.1) is 0 Å². The Kier molecular flexibility index (Phi) is 2.62. The fourth-order valence-corrected chi connectivity index (χ4v) is 2.18. The number of hydrogen-bond acceptors (Lipinski definition) is 2. The smallest absolute Gasteiger partial charge is 0.240 e. The van der Waals surface area contributed by atoms with Gasteiger partial charge in [-0.1, -0.05) is 12.1 Å². The van der Waals surface area contributed by atoms with Gasteiger partial charge in [-0.25, -0.2) is 0 Å². The van der Waals surface area contributed by atoms with Gasteiger partial charge in [0.2, 0.25) is 5.91 Å². The van der Waals surface area contributed by atoms with Gasteiger partial charge in [-0.15, -0.1) is 0 Å². The molecule has 1 atom stereocenters. The minimum Gasteiger partial charge on any atom is -0.368 e. The average Bonchev–Trinajstić information content (AvgIpc) is 2.65. The highest BCUT2D eigenvalue weighted by Crippen LogP contribution is 2.25. The molecule has 80 valence electrons. The van der Waals surface area contributed by atoms with Crippen LogP contribution in [0, 0.1) is 6.92 Å². The molecular formula is C12H16N2O. The number of hydrogen-bond donors (Lipinski definition) is 1. The zero-order chi connectivity index (χ0) is 10.8. The van der Waals surface area contributed by atoms with Crippen LogP contribution in [0.1, 0.15) is 18.4 Å². The Balaban J connectivity index is 2.26. The molecule has 15 heavy (non-hydrogen) atoms. The second-order valence-corrected chi connectivity index (χ2v) is 4.09. The van der Waals surface area contributed by atoms with Crippen LogP contribution in [0.15, 0.2) is 24.3 Å². The summed E-state index contributed by atoms with van der Waals surface area (Å²) in [6.45, 7) is 2.98. The molecule has 0 saturated carbocycles. The van der Waals surface area contributed by atoms with Gasteiger partial charge < -0.3 is 10.6 Å². The quantitative estimate of drug-likeness (QED) is 0.792. The van der Waals surface area contributed by atoms with E-state index in [4.69, 9.17) is 5.73 Å². The number of carbonyl (C=O) groups excluding carboxylic acids is 1. The summed E-state index contributed by atoms with van der Waals surface area (Å²) in [6, 6.07) is 8.09. The van der Waals surface area contributed by atoms with Crippen LogP contribution < -0.4 is 10.6 Å². The minimum absolute atomic E-state index is 0.119. The summed E-state index contributed by atoms with van der Waals surface area (Å²) in [5.74, 6) is -0.214. The molecular weight excluding hydrogens is 188 g/mol. The van der Waals surface area contributed by atoms with Crippen molar-refractivity contribution >= 4 is 11.6 Å². The maximum atomic E-state index is 11.3. The van der Waals surface area contributed by atoms with Crippen molar-refractivity contribution in [3.05, 3.63) is 29.8 Å². The van der Waals surface area contributed by atoms with Gasteiger partial charge in [0, 0.05) is 12.2 Å². The van der Waals surface area contributed by atoms with Crippen LogP contribution in [0.2, 0.25) is 0 Å². The summed E-state index contributed by atoms with van der Waals surface area (Å²) < 4.78 is 0. The topological polar surface area (TPSA) is 46.3 Å². The van der Waals surface area contributed by atoms with E-state index in [0.717, 1.165) is 25.1 Å². The van der Waals surface area contributed by atoms with E-state index in [9.17, 15) is 4.79 Å². The Morgan fingerprint density at radius 2 is 2.33 bits per heavy atom. The van der Waals surface area contributed by atoms with Crippen molar-refractivity contribution in [3.63, 3.8) is 0 Å². The maximum absolute atomic E-state index is 11.3. The van der Waals surface area contributed by atoms with Crippen molar-refractivity contribution in [2.75, 3.05) is 11.4 Å². The number of anilines is 1. The van der Waals surface area contributed by atoms with E-state index < -0.39 is 0 Å². The lowest BCUT2D eigenvalue weighted by molar-refractivity contribution is -0.119. The highest BCUT2D eigenvalue weighted by molar-refractivity contribution is 5.84. The first-order valence-corrected chi connectivity index (χ1v) is 5.31. The molecule has 1 aliphatic rings. The number of nitrogens with two attached hydrogens (primary N) is 1. The molecule has 0 bridgehead atoms. The molecule has 1 aromatic carbocycles. The number of nitrogens with zero attached hydrogens (tertiary/aromatic N) is 1. The van der Waals surface area contributed by atoms with Crippen LogP contribution in [0.4, 0.5) is 5.69 Å². The number of amides is 1. The van der Waals surface area contributed by atoms with Crippen molar-refractivity contribution < 1.29 is 4.79 Å². The predicted octanol–water partition coefficient (Wildman–Crippen LogP) is 1.45. The first kappa shape index (κ1) is 10.0. The number of aryl methyl sites for hydroxylation is 1. The third-order valence-corrected chi connectivity index (χ3v) is 2.91. The van der Waals surface area contributed by atoms with E-state index in [-0.39, 0.29) is 11.9 Å². The first-order chi connectivity index (χ1) is 7.18. The molecule has 0 spiro atoms. The monoisotopic (exact) mass is 204 g/mol. The van der Waals surface area contributed by atoms with Gasteiger partial charge in [-0.05, 0) is 37.5 Å². The molecule has 0 aliphatic carbocycles. The van der Waals surface area contributed by atoms with Crippen molar-refractivity contribution in [1.82, 2.24) is 0 Å². The maximum Gasteiger partial charge on any atom is 0.240 e. The summed E-state index contributed by atoms with van der Waals surface area (Å²) in [7, 11) is 0. The zero-order valence-corrected chi connectivity index (χ0v) is 8.94. The van der Waals surface area contributed by atoms with Gasteiger partial charge in [-0.2, -0.15) is 0 Å². The van der Waals surface area contributed by atoms with Crippen LogP contribution >= 0.6 is 0 Å². The van der Waals surface area contributed by atoms with Gasteiger partial charge in [0.1, 0.15) is 6.04 Å². The van der Waals surface area contributed by atoms with Crippen LogP contribution in [0.3, 0.4) is 0 Å². The molecule has 1 fully saturated rings. The van der Waals surface area contributed by atoms with Crippen LogP contribution in [0.25, 0.3) is 0 Å². The highest BCUT2D eigenvalue weighted by Gasteiger charge is 2.28. The average molecular weight is 204 g/mol. The number of rotatable bonds is 2. The number of carbonyl (C=O) groups is 1. The molecule has 1 aromatic rings. The van der Waals surface area contributed by atoms with Crippen LogP contribution in [-0.2, 0) is 4.79 Å². The molecule has 3 nitrogen and oxygen atoms in total. The molecule has 3 heteroatoms. The molecule has 2 N–H and O–H groups in total. The second-order valence-electron chi connectivity index (χ2n) is 4.09. The summed E-state index contributed by atoms with van der Waals surface area (Å²) in [6.07, 6.45) is 1.92. The Labute approximate surface area is 89.9 Å². The van der Waals surface area contributed by atoms with Crippen LogP contribution in [0.5, 0.6) is 0 Å². The van der Waals surface area contributed by atoms with E-state index in [1.165, 1.54) is 5.56 Å². The lowest BCUT2D eigenvalue weighted by Gasteiger charge is -2.24. The molecule has 1 amide bonds. The van der Waals surface area contributed by atoms with Gasteiger partial charge in [0.25, 0.3) is 0 Å². The van der Waals surface area contributed by atoms with Crippen molar-refractivity contribution in [3.8, 4) is 0 Å². The molecule has 0 unspecified atom stereocenters. The summed E-state index contributed by atoms with van der Waals surface area (Å²) in [4.78, 5) is 13.4. The fourth-order valence-electron chi connectivity index (χ4n) is 2.18. The normalized spacial score (nSPS) is 20.6. The molecule has 0 aromatic heterocycles. The second kappa shape index (κ2) is 3.93. The fraction of sp³-hybridized carbons (Fsp3) is 0.417. The summed E-state index contributed by atoms with van der Waals surface area (Å²) in [5, 5.41) is 0. The van der Waals surface area contributed by atoms with Crippen molar-refractivity contribution in [2.45, 2.75) is 25.8 Å². The van der Waals surface area contributed by atoms with E-state index in [1.54, 1.807) is 0 Å². The van der Waals surface area contributed by atoms with Gasteiger partial charge >= 0.3 is 0 Å². The Hall–Kier alpha value is -1.51. The van der Waals surface area contributed by atoms with E-state index >= 15 is 0 Å². The lowest BCUT2D eigenvalue weighted by Crippen LogP contribution is -2.40. The molecule has 1 aliphatic heterocycles. The SMILES string of the molecule is Cc1cccc(N2CCC[C@H]2C(N)=O)c1. The van der Waals surface area contributed by atoms with Crippen LogP contribution in [-0.4, -0.2) is 18.5 Å². The Bertz CT molecular complexity index is 376. The Morgan fingerprint density at radius 3 is 3.00 bits per heavy atom. The third kappa shape index (κ3) is 1.96. The van der Waals surface area contributed by atoms with Crippen molar-refractivity contribution in [1.29, 1.82) is 0 Å². The number of primary amides is 1. The third-order valence-electron chi connectivity index (χ3n) is 2.91. The molecule has 0 radical (unpaired) electrons. The van der Waals surface area contributed by atoms with E-state index in [1.807, 2.05) is 12.1 Å². The predicted molar refractivity (Wildman–Crippen MR) is 60.7 cm³/mol. The van der Waals surface area contributed by atoms with E-state index in [2.05, 4.69) is 24.0 Å². The summed E-state index contributed by atoms with van der Waals surface area (Å²) in [5.41, 5.74) is 7.70. The lowest BCUT2D eigenvalue weighted by atomic mass is 10.1. The van der Waals surface area contributed by atoms with Gasteiger partial charge in [-0.3, -0.25) is 4.79 Å². The molecule has 2 rings (SSSR count). The molecule has 1 heterocycles. The number of benzene rings is 1. The van der Waals surface area contributed by atoms with Gasteiger partial charge in [0.15, 0.2) is 0 Å². The Morgan fingerprint density at radius 1 is 1.53 bits per heavy atom. The highest BCUT2D eigenvalue weighted by atomic mass is 16.1. The largest absolute Gasteiger partial charge is 0.368 e. The first-order valence-electron chi connectivity index (χ1n) is 5.31. The standard InChI is InChI=1S/C12H16N2O/c1-9-4-2-5-10(8-9)14-7-3-6-11(14)12(13)15/h2,4-5,8,11H,3,6-7H2,1H3,(H2,13,15)/t11-/m0/s1. The molecule has 1 saturated heterocycles.